The van der Waals surface area contributed by atoms with Gasteiger partial charge in [0.1, 0.15) is 0 Å². The predicted molar refractivity (Wildman–Crippen MR) is 110 cm³/mol. The van der Waals surface area contributed by atoms with Gasteiger partial charge >= 0.3 is 0 Å². The third kappa shape index (κ3) is 4.73. The molecule has 1 aliphatic rings. The zero-order valence-corrected chi connectivity index (χ0v) is 16.6. The quantitative estimate of drug-likeness (QED) is 0.847. The highest BCUT2D eigenvalue weighted by Gasteiger charge is 2.23. The molecule has 0 bridgehead atoms. The first kappa shape index (κ1) is 21.1. The summed E-state index contributed by atoms with van der Waals surface area (Å²) in [6.07, 6.45) is 2.12. The summed E-state index contributed by atoms with van der Waals surface area (Å²) in [4.78, 5) is 14.8. The number of nitrogens with zero attached hydrogens (tertiary/aromatic N) is 1. The zero-order chi connectivity index (χ0) is 18.5. The van der Waals surface area contributed by atoms with E-state index in [1.54, 1.807) is 14.2 Å². The van der Waals surface area contributed by atoms with Crippen LogP contribution in [0.3, 0.4) is 0 Å². The lowest BCUT2D eigenvalue weighted by Gasteiger charge is -2.32. The van der Waals surface area contributed by atoms with E-state index >= 15 is 0 Å². The predicted octanol–water partition coefficient (Wildman–Crippen LogP) is 3.60. The van der Waals surface area contributed by atoms with Crippen LogP contribution in [0.1, 0.15) is 23.2 Å². The lowest BCUT2D eigenvalue weighted by atomic mass is 9.97. The van der Waals surface area contributed by atoms with Crippen LogP contribution in [0.15, 0.2) is 42.5 Å². The molecule has 1 fully saturated rings. The average molecular weight is 391 g/mol. The molecule has 1 unspecified atom stereocenters. The molecule has 0 saturated carbocycles. The van der Waals surface area contributed by atoms with E-state index in [9.17, 15) is 4.79 Å². The molecule has 5 nitrogen and oxygen atoms in total. The number of carbonyl (C=O) groups excluding carboxylic acids is 1. The molecule has 1 heterocycles. The van der Waals surface area contributed by atoms with Crippen molar-refractivity contribution in [3.8, 4) is 22.6 Å². The summed E-state index contributed by atoms with van der Waals surface area (Å²) >= 11 is 0. The molecular formula is C21H27ClN2O3. The average Bonchev–Trinajstić information content (AvgIpc) is 2.72. The molecule has 2 N–H and O–H groups in total. The number of hydrogen-bond acceptors (Lipinski definition) is 4. The van der Waals surface area contributed by atoms with Crippen LogP contribution in [0.4, 0.5) is 0 Å². The van der Waals surface area contributed by atoms with Gasteiger partial charge in [0, 0.05) is 18.7 Å². The normalized spacial score (nSPS) is 16.4. The van der Waals surface area contributed by atoms with Crippen molar-refractivity contribution in [2.45, 2.75) is 12.8 Å². The first-order valence-electron chi connectivity index (χ1n) is 8.98. The number of benzene rings is 2. The Morgan fingerprint density at radius 3 is 2.56 bits per heavy atom. The van der Waals surface area contributed by atoms with E-state index in [1.807, 2.05) is 47.4 Å². The minimum absolute atomic E-state index is 0. The minimum Gasteiger partial charge on any atom is -0.493 e. The summed E-state index contributed by atoms with van der Waals surface area (Å²) in [5.41, 5.74) is 8.46. The highest BCUT2D eigenvalue weighted by atomic mass is 35.5. The summed E-state index contributed by atoms with van der Waals surface area (Å²) in [6, 6.07) is 13.5. The molecule has 146 valence electrons. The van der Waals surface area contributed by atoms with Crippen LogP contribution in [0, 0.1) is 5.92 Å². The fourth-order valence-corrected chi connectivity index (χ4v) is 3.47. The second-order valence-electron chi connectivity index (χ2n) is 6.65. The van der Waals surface area contributed by atoms with Crippen molar-refractivity contribution < 1.29 is 14.3 Å². The van der Waals surface area contributed by atoms with E-state index in [-0.39, 0.29) is 18.3 Å². The Balaban J connectivity index is 0.00000261. The van der Waals surface area contributed by atoms with Gasteiger partial charge in [-0.1, -0.05) is 18.2 Å². The molecule has 1 atom stereocenters. The molecule has 1 amide bonds. The van der Waals surface area contributed by atoms with Crippen molar-refractivity contribution in [1.29, 1.82) is 0 Å². The fourth-order valence-electron chi connectivity index (χ4n) is 3.47. The van der Waals surface area contributed by atoms with Gasteiger partial charge in [-0.2, -0.15) is 0 Å². The monoisotopic (exact) mass is 390 g/mol. The summed E-state index contributed by atoms with van der Waals surface area (Å²) in [5.74, 6) is 1.83. The van der Waals surface area contributed by atoms with Gasteiger partial charge in [0.2, 0.25) is 0 Å². The maximum atomic E-state index is 12.9. The van der Waals surface area contributed by atoms with Crippen molar-refractivity contribution in [3.63, 3.8) is 0 Å². The number of methoxy groups -OCH3 is 2. The number of likely N-dealkylation sites (tertiary alicyclic amines) is 1. The number of halogens is 1. The maximum Gasteiger partial charge on any atom is 0.253 e. The van der Waals surface area contributed by atoms with Gasteiger partial charge in [0.15, 0.2) is 11.5 Å². The number of nitrogens with two attached hydrogens (primary N) is 1. The standard InChI is InChI=1S/C21H26N2O3.ClH/c1-25-19-9-8-17(12-20(19)26-2)16-6-3-7-18(11-16)21(24)23-10-4-5-15(13-22)14-23;/h3,6-9,11-12,15H,4-5,10,13-14,22H2,1-2H3;1H. The van der Waals surface area contributed by atoms with Crippen molar-refractivity contribution >= 4 is 18.3 Å². The number of rotatable bonds is 5. The molecule has 27 heavy (non-hydrogen) atoms. The summed E-state index contributed by atoms with van der Waals surface area (Å²) in [7, 11) is 3.23. The number of amides is 1. The Bertz CT molecular complexity index is 782. The van der Waals surface area contributed by atoms with Crippen molar-refractivity contribution in [2.75, 3.05) is 33.9 Å². The Hall–Kier alpha value is -2.24. The highest BCUT2D eigenvalue weighted by molar-refractivity contribution is 5.95. The minimum atomic E-state index is 0. The van der Waals surface area contributed by atoms with Crippen LogP contribution in [0.5, 0.6) is 11.5 Å². The maximum absolute atomic E-state index is 12.9. The van der Waals surface area contributed by atoms with Gasteiger partial charge in [0.05, 0.1) is 14.2 Å². The van der Waals surface area contributed by atoms with Gasteiger partial charge in [-0.25, -0.2) is 0 Å². The summed E-state index contributed by atoms with van der Waals surface area (Å²) in [5, 5.41) is 0. The summed E-state index contributed by atoms with van der Waals surface area (Å²) < 4.78 is 10.7. The van der Waals surface area contributed by atoms with E-state index in [0.717, 1.165) is 37.1 Å². The number of hydrogen-bond donors (Lipinski definition) is 1. The zero-order valence-electron chi connectivity index (χ0n) is 15.8. The van der Waals surface area contributed by atoms with Gasteiger partial charge in [-0.3, -0.25) is 4.79 Å². The van der Waals surface area contributed by atoms with Gasteiger partial charge in [-0.05, 0) is 60.7 Å². The van der Waals surface area contributed by atoms with E-state index in [0.29, 0.717) is 29.5 Å². The molecular weight excluding hydrogens is 364 g/mol. The Morgan fingerprint density at radius 1 is 1.11 bits per heavy atom. The summed E-state index contributed by atoms with van der Waals surface area (Å²) in [6.45, 7) is 2.18. The van der Waals surface area contributed by atoms with Gasteiger partial charge in [0.25, 0.3) is 5.91 Å². The van der Waals surface area contributed by atoms with Crippen LogP contribution in [0.2, 0.25) is 0 Å². The van der Waals surface area contributed by atoms with Crippen LogP contribution in [-0.2, 0) is 0 Å². The molecule has 1 aliphatic heterocycles. The molecule has 2 aromatic carbocycles. The van der Waals surface area contributed by atoms with Gasteiger partial charge in [-0.15, -0.1) is 12.4 Å². The number of ether oxygens (including phenoxy) is 2. The molecule has 2 aromatic rings. The van der Waals surface area contributed by atoms with E-state index in [4.69, 9.17) is 15.2 Å². The smallest absolute Gasteiger partial charge is 0.253 e. The molecule has 6 heteroatoms. The number of carbonyl (C=O) groups is 1. The first-order chi connectivity index (χ1) is 12.7. The lowest BCUT2D eigenvalue weighted by molar-refractivity contribution is 0.0678. The SMILES string of the molecule is COc1ccc(-c2cccc(C(=O)N3CCCC(CN)C3)c2)cc1OC.Cl. The first-order valence-corrected chi connectivity index (χ1v) is 8.98. The Kier molecular flexibility index (Phi) is 7.51. The molecule has 0 spiro atoms. The molecule has 0 radical (unpaired) electrons. The Labute approximate surface area is 166 Å². The van der Waals surface area contributed by atoms with Crippen LogP contribution < -0.4 is 15.2 Å². The van der Waals surface area contributed by atoms with Crippen molar-refractivity contribution in [2.24, 2.45) is 11.7 Å². The Morgan fingerprint density at radius 2 is 1.85 bits per heavy atom. The molecule has 0 aliphatic carbocycles. The largest absolute Gasteiger partial charge is 0.493 e. The van der Waals surface area contributed by atoms with E-state index in [2.05, 4.69) is 0 Å². The second kappa shape index (κ2) is 9.62. The van der Waals surface area contributed by atoms with Crippen molar-refractivity contribution in [1.82, 2.24) is 4.90 Å². The van der Waals surface area contributed by atoms with Gasteiger partial charge < -0.3 is 20.1 Å². The fraction of sp³-hybridized carbons (Fsp3) is 0.381. The topological polar surface area (TPSA) is 64.8 Å². The van der Waals surface area contributed by atoms with Crippen molar-refractivity contribution in [3.05, 3.63) is 48.0 Å². The number of piperidine rings is 1. The van der Waals surface area contributed by atoms with E-state index in [1.165, 1.54) is 0 Å². The van der Waals surface area contributed by atoms with Crippen LogP contribution >= 0.6 is 12.4 Å². The van der Waals surface area contributed by atoms with E-state index < -0.39 is 0 Å². The highest BCUT2D eigenvalue weighted by Crippen LogP contribution is 2.32. The third-order valence-corrected chi connectivity index (χ3v) is 4.97. The molecule has 0 aromatic heterocycles. The molecule has 1 saturated heterocycles. The molecule has 3 rings (SSSR count). The lowest BCUT2D eigenvalue weighted by Crippen LogP contribution is -2.42. The van der Waals surface area contributed by atoms with Crippen LogP contribution in [0.25, 0.3) is 11.1 Å². The second-order valence-corrected chi connectivity index (χ2v) is 6.65. The van der Waals surface area contributed by atoms with Crippen LogP contribution in [-0.4, -0.2) is 44.7 Å². The third-order valence-electron chi connectivity index (χ3n) is 4.97.